The summed E-state index contributed by atoms with van der Waals surface area (Å²) < 4.78 is 0. The molecule has 2 aromatic rings. The number of nitrogens with zero attached hydrogens (tertiary/aromatic N) is 1. The van der Waals surface area contributed by atoms with Crippen molar-refractivity contribution in [3.63, 3.8) is 0 Å². The smallest absolute Gasteiger partial charge is 0.314 e. The predicted molar refractivity (Wildman–Crippen MR) is 84.0 cm³/mol. The van der Waals surface area contributed by atoms with Gasteiger partial charge in [0.15, 0.2) is 0 Å². The van der Waals surface area contributed by atoms with Gasteiger partial charge in [-0.2, -0.15) is 5.10 Å². The summed E-state index contributed by atoms with van der Waals surface area (Å²) in [5.74, 6) is 0.631. The maximum Gasteiger partial charge on any atom is 0.323 e. The third kappa shape index (κ3) is 3.24. The zero-order valence-electron chi connectivity index (χ0n) is 12.1. The molecule has 1 aliphatic rings. The van der Waals surface area contributed by atoms with Crippen molar-refractivity contribution in [2.45, 2.75) is 32.6 Å². The van der Waals surface area contributed by atoms with E-state index in [1.54, 1.807) is 6.20 Å². The van der Waals surface area contributed by atoms with E-state index in [1.807, 2.05) is 24.4 Å². The second kappa shape index (κ2) is 5.99. The molecule has 0 spiro atoms. The maximum absolute atomic E-state index is 11.9. The molecule has 1 fully saturated rings. The van der Waals surface area contributed by atoms with Crippen LogP contribution in [-0.2, 0) is 0 Å². The van der Waals surface area contributed by atoms with Crippen LogP contribution in [0.15, 0.2) is 36.2 Å². The van der Waals surface area contributed by atoms with Crippen molar-refractivity contribution in [2.24, 2.45) is 5.92 Å². The molecule has 1 saturated carbocycles. The lowest BCUT2D eigenvalue weighted by Gasteiger charge is -2.10. The van der Waals surface area contributed by atoms with Gasteiger partial charge in [-0.15, -0.1) is 0 Å². The zero-order valence-corrected chi connectivity index (χ0v) is 12.1. The number of amides is 2. The fourth-order valence-electron chi connectivity index (χ4n) is 2.86. The molecule has 3 N–H and O–H groups in total. The van der Waals surface area contributed by atoms with E-state index in [2.05, 4.69) is 27.8 Å². The number of aromatic nitrogens is 2. The first-order valence-electron chi connectivity index (χ1n) is 7.40. The quantitative estimate of drug-likeness (QED) is 0.802. The van der Waals surface area contributed by atoms with Crippen LogP contribution in [0.25, 0.3) is 10.9 Å². The minimum Gasteiger partial charge on any atom is -0.314 e. The molecule has 0 atom stereocenters. The van der Waals surface area contributed by atoms with E-state index in [1.165, 1.54) is 31.3 Å². The Balaban J connectivity index is 1.59. The molecule has 2 amide bonds. The van der Waals surface area contributed by atoms with Crippen LogP contribution in [0.3, 0.4) is 0 Å². The first-order chi connectivity index (χ1) is 10.2. The Labute approximate surface area is 123 Å². The summed E-state index contributed by atoms with van der Waals surface area (Å²) in [6.45, 7) is 2.09. The molecule has 5 heteroatoms. The minimum atomic E-state index is -0.216. The summed E-state index contributed by atoms with van der Waals surface area (Å²) in [6, 6.07) is 5.44. The van der Waals surface area contributed by atoms with E-state index >= 15 is 0 Å². The topological polar surface area (TPSA) is 69.8 Å². The van der Waals surface area contributed by atoms with Crippen molar-refractivity contribution >= 4 is 22.6 Å². The standard InChI is InChI=1S/C16H20N4O/c1-11(12-4-2-3-5-12)9-17-16(21)19-14-7-6-13-10-18-20-15(13)8-14/h6-10,12H,2-5H2,1H3,(H,18,20)(H2,17,19,21)/b11-9+. The van der Waals surface area contributed by atoms with E-state index in [0.29, 0.717) is 5.92 Å². The van der Waals surface area contributed by atoms with Crippen LogP contribution in [0.4, 0.5) is 10.5 Å². The number of rotatable bonds is 3. The highest BCUT2D eigenvalue weighted by molar-refractivity contribution is 5.92. The number of anilines is 1. The normalized spacial score (nSPS) is 16.3. The van der Waals surface area contributed by atoms with Gasteiger partial charge in [-0.05, 0) is 43.9 Å². The Kier molecular flexibility index (Phi) is 3.90. The number of benzene rings is 1. The molecule has 110 valence electrons. The van der Waals surface area contributed by atoms with Gasteiger partial charge in [-0.1, -0.05) is 18.4 Å². The van der Waals surface area contributed by atoms with E-state index in [9.17, 15) is 4.79 Å². The van der Waals surface area contributed by atoms with Gasteiger partial charge in [-0.3, -0.25) is 5.10 Å². The number of hydrogen-bond donors (Lipinski definition) is 3. The highest BCUT2D eigenvalue weighted by Gasteiger charge is 2.16. The monoisotopic (exact) mass is 284 g/mol. The van der Waals surface area contributed by atoms with Crippen LogP contribution < -0.4 is 10.6 Å². The summed E-state index contributed by atoms with van der Waals surface area (Å²) in [5, 5.41) is 13.5. The highest BCUT2D eigenvalue weighted by atomic mass is 16.2. The average molecular weight is 284 g/mol. The molecule has 1 heterocycles. The van der Waals surface area contributed by atoms with Crippen molar-refractivity contribution in [2.75, 3.05) is 5.32 Å². The fourth-order valence-corrected chi connectivity index (χ4v) is 2.86. The van der Waals surface area contributed by atoms with E-state index < -0.39 is 0 Å². The lowest BCUT2D eigenvalue weighted by Crippen LogP contribution is -2.24. The molecule has 0 aliphatic heterocycles. The Morgan fingerprint density at radius 1 is 1.38 bits per heavy atom. The number of aromatic amines is 1. The molecule has 1 aromatic heterocycles. The summed E-state index contributed by atoms with van der Waals surface area (Å²) in [4.78, 5) is 11.9. The molecule has 0 radical (unpaired) electrons. The van der Waals surface area contributed by atoms with Gasteiger partial charge in [-0.25, -0.2) is 4.79 Å². The number of urea groups is 1. The lowest BCUT2D eigenvalue weighted by molar-refractivity contribution is 0.255. The number of carbonyl (C=O) groups excluding carboxylic acids is 1. The number of nitrogens with one attached hydrogen (secondary N) is 3. The Hall–Kier alpha value is -2.30. The van der Waals surface area contributed by atoms with Crippen LogP contribution >= 0.6 is 0 Å². The van der Waals surface area contributed by atoms with Gasteiger partial charge in [0.1, 0.15) is 0 Å². The molecule has 5 nitrogen and oxygen atoms in total. The molecule has 0 bridgehead atoms. The van der Waals surface area contributed by atoms with Crippen LogP contribution in [0.1, 0.15) is 32.6 Å². The summed E-state index contributed by atoms with van der Waals surface area (Å²) >= 11 is 0. The Morgan fingerprint density at radius 2 is 2.19 bits per heavy atom. The van der Waals surface area contributed by atoms with E-state index in [0.717, 1.165) is 16.6 Å². The van der Waals surface area contributed by atoms with Crippen molar-refractivity contribution < 1.29 is 4.79 Å². The summed E-state index contributed by atoms with van der Waals surface area (Å²) in [7, 11) is 0. The predicted octanol–water partition coefficient (Wildman–Crippen LogP) is 3.78. The van der Waals surface area contributed by atoms with Crippen LogP contribution in [-0.4, -0.2) is 16.2 Å². The van der Waals surface area contributed by atoms with Crippen LogP contribution in [0.2, 0.25) is 0 Å². The van der Waals surface area contributed by atoms with Crippen molar-refractivity contribution in [1.82, 2.24) is 15.5 Å². The lowest BCUT2D eigenvalue weighted by atomic mass is 10.0. The second-order valence-corrected chi connectivity index (χ2v) is 5.64. The zero-order chi connectivity index (χ0) is 14.7. The summed E-state index contributed by atoms with van der Waals surface area (Å²) in [6.07, 6.45) is 8.66. The highest BCUT2D eigenvalue weighted by Crippen LogP contribution is 2.30. The van der Waals surface area contributed by atoms with Crippen molar-refractivity contribution in [1.29, 1.82) is 0 Å². The molecular weight excluding hydrogens is 264 g/mol. The van der Waals surface area contributed by atoms with Crippen LogP contribution in [0.5, 0.6) is 0 Å². The molecule has 1 aromatic carbocycles. The van der Waals surface area contributed by atoms with E-state index in [-0.39, 0.29) is 6.03 Å². The molecular formula is C16H20N4O. The number of fused-ring (bicyclic) bond motifs is 1. The Morgan fingerprint density at radius 3 is 3.00 bits per heavy atom. The molecule has 0 unspecified atom stereocenters. The van der Waals surface area contributed by atoms with Gasteiger partial charge in [0.2, 0.25) is 0 Å². The van der Waals surface area contributed by atoms with Crippen LogP contribution in [0, 0.1) is 5.92 Å². The number of hydrogen-bond acceptors (Lipinski definition) is 2. The second-order valence-electron chi connectivity index (χ2n) is 5.64. The first kappa shape index (κ1) is 13.7. The van der Waals surface area contributed by atoms with Gasteiger partial charge in [0, 0.05) is 17.3 Å². The molecule has 21 heavy (non-hydrogen) atoms. The van der Waals surface area contributed by atoms with Gasteiger partial charge < -0.3 is 10.6 Å². The third-order valence-electron chi connectivity index (χ3n) is 4.13. The third-order valence-corrected chi connectivity index (χ3v) is 4.13. The number of allylic oxidation sites excluding steroid dienone is 1. The largest absolute Gasteiger partial charge is 0.323 e. The van der Waals surface area contributed by atoms with Crippen molar-refractivity contribution in [3.05, 3.63) is 36.2 Å². The summed E-state index contributed by atoms with van der Waals surface area (Å²) in [5.41, 5.74) is 2.91. The van der Waals surface area contributed by atoms with Gasteiger partial charge in [0.05, 0.1) is 11.7 Å². The van der Waals surface area contributed by atoms with E-state index in [4.69, 9.17) is 0 Å². The van der Waals surface area contributed by atoms with Gasteiger partial charge >= 0.3 is 6.03 Å². The first-order valence-corrected chi connectivity index (χ1v) is 7.40. The average Bonchev–Trinajstić information content (AvgIpc) is 3.15. The minimum absolute atomic E-state index is 0.216. The molecule has 1 aliphatic carbocycles. The SMILES string of the molecule is C/C(=C\NC(=O)Nc1ccc2cn[nH]c2c1)C1CCCC1. The molecule has 0 saturated heterocycles. The number of carbonyl (C=O) groups is 1. The fraction of sp³-hybridized carbons (Fsp3) is 0.375. The van der Waals surface area contributed by atoms with Gasteiger partial charge in [0.25, 0.3) is 0 Å². The van der Waals surface area contributed by atoms with Crippen molar-refractivity contribution in [3.8, 4) is 0 Å². The number of H-pyrrole nitrogens is 1. The molecule has 3 rings (SSSR count). The Bertz CT molecular complexity index is 668. The maximum atomic E-state index is 11.9.